The Hall–Kier alpha value is -3.87. The first kappa shape index (κ1) is 20.7. The molecule has 4 heterocycles. The molecule has 2 aromatic carbocycles. The fourth-order valence-electron chi connectivity index (χ4n) is 4.87. The number of fused-ring (bicyclic) bond motifs is 2. The van der Waals surface area contributed by atoms with Crippen LogP contribution in [0.1, 0.15) is 46.8 Å². The van der Waals surface area contributed by atoms with Gasteiger partial charge in [0.25, 0.3) is 5.91 Å². The van der Waals surface area contributed by atoms with E-state index in [0.717, 1.165) is 59.5 Å². The molecule has 4 aromatic rings. The topological polar surface area (TPSA) is 69.5 Å². The first-order valence-electron chi connectivity index (χ1n) is 11.8. The van der Waals surface area contributed by atoms with Crippen molar-refractivity contribution < 1.29 is 14.3 Å². The average molecular weight is 455 g/mol. The molecule has 0 radical (unpaired) electrons. The number of ether oxygens (including phenoxy) is 2. The summed E-state index contributed by atoms with van der Waals surface area (Å²) in [5.74, 6) is 1.54. The summed E-state index contributed by atoms with van der Waals surface area (Å²) in [7, 11) is 0. The van der Waals surface area contributed by atoms with Crippen molar-refractivity contribution in [3.05, 3.63) is 83.7 Å². The van der Waals surface area contributed by atoms with Crippen LogP contribution in [0.4, 0.5) is 0 Å². The zero-order valence-electron chi connectivity index (χ0n) is 18.9. The summed E-state index contributed by atoms with van der Waals surface area (Å²) < 4.78 is 13.5. The van der Waals surface area contributed by atoms with Gasteiger partial charge in [-0.3, -0.25) is 4.79 Å². The van der Waals surface area contributed by atoms with Gasteiger partial charge in [-0.15, -0.1) is 0 Å². The lowest BCUT2D eigenvalue weighted by atomic mass is 10.0. The molecule has 6 rings (SSSR count). The monoisotopic (exact) mass is 454 g/mol. The minimum Gasteiger partial charge on any atom is -0.490 e. The molecule has 1 fully saturated rings. The van der Waals surface area contributed by atoms with Crippen molar-refractivity contribution in [3.8, 4) is 11.5 Å². The normalized spacial score (nSPS) is 17.6. The zero-order valence-corrected chi connectivity index (χ0v) is 18.9. The molecule has 1 saturated heterocycles. The first-order valence-corrected chi connectivity index (χ1v) is 11.8. The van der Waals surface area contributed by atoms with E-state index in [1.165, 1.54) is 0 Å². The van der Waals surface area contributed by atoms with E-state index in [1.807, 2.05) is 46.0 Å². The average Bonchev–Trinajstić information content (AvgIpc) is 3.45. The smallest absolute Gasteiger partial charge is 0.255 e. The Balaban J connectivity index is 1.25. The van der Waals surface area contributed by atoms with Crippen molar-refractivity contribution in [1.29, 1.82) is 0 Å². The molecular formula is C27H26N4O3. The van der Waals surface area contributed by atoms with Crippen LogP contribution in [0.3, 0.4) is 0 Å². The van der Waals surface area contributed by atoms with Crippen LogP contribution in [0.25, 0.3) is 11.0 Å². The Bertz CT molecular complexity index is 1330. The highest BCUT2D eigenvalue weighted by Crippen LogP contribution is 2.38. The molecule has 0 saturated carbocycles. The molecule has 0 aliphatic carbocycles. The highest BCUT2D eigenvalue weighted by Gasteiger charge is 2.31. The van der Waals surface area contributed by atoms with Gasteiger partial charge in [-0.1, -0.05) is 36.4 Å². The van der Waals surface area contributed by atoms with E-state index >= 15 is 0 Å². The van der Waals surface area contributed by atoms with Crippen LogP contribution < -0.4 is 9.47 Å². The van der Waals surface area contributed by atoms with Gasteiger partial charge in [-0.05, 0) is 42.2 Å². The summed E-state index contributed by atoms with van der Waals surface area (Å²) in [6.45, 7) is 2.68. The summed E-state index contributed by atoms with van der Waals surface area (Å²) >= 11 is 0. The third-order valence-electron chi connectivity index (χ3n) is 6.57. The van der Waals surface area contributed by atoms with Crippen LogP contribution >= 0.6 is 0 Å². The number of pyridine rings is 1. The van der Waals surface area contributed by atoms with Crippen molar-refractivity contribution in [3.63, 3.8) is 0 Å². The minimum atomic E-state index is -0.000166. The Morgan fingerprint density at radius 3 is 2.71 bits per heavy atom. The Morgan fingerprint density at radius 2 is 1.82 bits per heavy atom. The molecule has 1 amide bonds. The summed E-state index contributed by atoms with van der Waals surface area (Å²) in [5.41, 5.74) is 3.61. The van der Waals surface area contributed by atoms with E-state index in [0.29, 0.717) is 25.3 Å². The number of carbonyl (C=O) groups excluding carboxylic acids is 1. The molecular weight excluding hydrogens is 428 g/mol. The van der Waals surface area contributed by atoms with Gasteiger partial charge in [0.2, 0.25) is 0 Å². The van der Waals surface area contributed by atoms with Gasteiger partial charge in [0.1, 0.15) is 0 Å². The van der Waals surface area contributed by atoms with Gasteiger partial charge in [-0.25, -0.2) is 9.67 Å². The Labute approximate surface area is 197 Å². The number of amides is 1. The SMILES string of the molecule is O=C(c1cnc2c(cnn2Cc2ccccc2)c1)N1CCCC1c1ccc2c(c1)OCCCO2. The number of rotatable bonds is 4. The van der Waals surface area contributed by atoms with Crippen LogP contribution in [0.15, 0.2) is 67.0 Å². The van der Waals surface area contributed by atoms with Crippen molar-refractivity contribution >= 4 is 16.9 Å². The van der Waals surface area contributed by atoms with Crippen LogP contribution in [0.5, 0.6) is 11.5 Å². The number of carbonyl (C=O) groups is 1. The van der Waals surface area contributed by atoms with E-state index in [2.05, 4.69) is 28.3 Å². The summed E-state index contributed by atoms with van der Waals surface area (Å²) in [4.78, 5) is 20.1. The number of nitrogens with zero attached hydrogens (tertiary/aromatic N) is 4. The molecule has 7 heteroatoms. The number of likely N-dealkylation sites (tertiary alicyclic amines) is 1. The van der Waals surface area contributed by atoms with Gasteiger partial charge < -0.3 is 14.4 Å². The molecule has 2 aliphatic heterocycles. The van der Waals surface area contributed by atoms with Gasteiger partial charge in [0.15, 0.2) is 17.1 Å². The fourth-order valence-corrected chi connectivity index (χ4v) is 4.87. The minimum absolute atomic E-state index is 0.000166. The van der Waals surface area contributed by atoms with Crippen LogP contribution in [-0.4, -0.2) is 45.3 Å². The summed E-state index contributed by atoms with van der Waals surface area (Å²) in [6, 6.07) is 18.1. The third-order valence-corrected chi connectivity index (χ3v) is 6.57. The molecule has 34 heavy (non-hydrogen) atoms. The molecule has 7 nitrogen and oxygen atoms in total. The molecule has 0 N–H and O–H groups in total. The highest BCUT2D eigenvalue weighted by molar-refractivity contribution is 5.97. The molecule has 0 bridgehead atoms. The third kappa shape index (κ3) is 3.87. The Kier molecular flexibility index (Phi) is 5.37. The number of benzene rings is 2. The number of hydrogen-bond donors (Lipinski definition) is 0. The van der Waals surface area contributed by atoms with E-state index < -0.39 is 0 Å². The quantitative estimate of drug-likeness (QED) is 0.450. The van der Waals surface area contributed by atoms with Gasteiger partial charge in [0.05, 0.1) is 37.6 Å². The van der Waals surface area contributed by atoms with Crippen LogP contribution in [0, 0.1) is 0 Å². The maximum Gasteiger partial charge on any atom is 0.255 e. The lowest BCUT2D eigenvalue weighted by Crippen LogP contribution is -2.30. The maximum atomic E-state index is 13.5. The standard InChI is InChI=1S/C27H26N4O3/c32-27(22-14-21-17-29-31(26(21)28-16-22)18-19-6-2-1-3-7-19)30-11-4-8-23(30)20-9-10-24-25(15-20)34-13-5-12-33-24/h1-3,6-7,9-10,14-17,23H,4-5,8,11-13,18H2. The van der Waals surface area contributed by atoms with Gasteiger partial charge in [0, 0.05) is 24.5 Å². The Morgan fingerprint density at radius 1 is 0.971 bits per heavy atom. The molecule has 172 valence electrons. The van der Waals surface area contributed by atoms with Gasteiger partial charge >= 0.3 is 0 Å². The molecule has 1 unspecified atom stereocenters. The largest absolute Gasteiger partial charge is 0.490 e. The highest BCUT2D eigenvalue weighted by atomic mass is 16.5. The van der Waals surface area contributed by atoms with Crippen molar-refractivity contribution in [1.82, 2.24) is 19.7 Å². The van der Waals surface area contributed by atoms with Crippen molar-refractivity contribution in [2.45, 2.75) is 31.8 Å². The van der Waals surface area contributed by atoms with Gasteiger partial charge in [-0.2, -0.15) is 5.10 Å². The number of aromatic nitrogens is 3. The molecule has 2 aliphatic rings. The predicted molar refractivity (Wildman–Crippen MR) is 128 cm³/mol. The van der Waals surface area contributed by atoms with Crippen molar-refractivity contribution in [2.75, 3.05) is 19.8 Å². The van der Waals surface area contributed by atoms with E-state index in [4.69, 9.17) is 9.47 Å². The second kappa shape index (κ2) is 8.82. The lowest BCUT2D eigenvalue weighted by Gasteiger charge is -2.25. The molecule has 0 spiro atoms. The van der Waals surface area contributed by atoms with Crippen molar-refractivity contribution in [2.24, 2.45) is 0 Å². The van der Waals surface area contributed by atoms with E-state index in [-0.39, 0.29) is 11.9 Å². The second-order valence-corrected chi connectivity index (χ2v) is 8.84. The molecule has 1 atom stereocenters. The van der Waals surface area contributed by atoms with Crippen LogP contribution in [-0.2, 0) is 6.54 Å². The van der Waals surface area contributed by atoms with E-state index in [1.54, 1.807) is 12.4 Å². The summed E-state index contributed by atoms with van der Waals surface area (Å²) in [6.07, 6.45) is 6.23. The second-order valence-electron chi connectivity index (χ2n) is 8.84. The zero-order chi connectivity index (χ0) is 22.9. The maximum absolute atomic E-state index is 13.5. The first-order chi connectivity index (χ1) is 16.8. The van der Waals surface area contributed by atoms with Crippen LogP contribution in [0.2, 0.25) is 0 Å². The fraction of sp³-hybridized carbons (Fsp3) is 0.296. The predicted octanol–water partition coefficient (Wildman–Crippen LogP) is 4.62. The molecule has 2 aromatic heterocycles. The number of hydrogen-bond acceptors (Lipinski definition) is 5. The van der Waals surface area contributed by atoms with E-state index in [9.17, 15) is 4.79 Å². The lowest BCUT2D eigenvalue weighted by molar-refractivity contribution is 0.0735. The summed E-state index contributed by atoms with van der Waals surface area (Å²) in [5, 5.41) is 5.37.